The number of hydrogen-bond donors (Lipinski definition) is 1. The first-order valence-corrected chi connectivity index (χ1v) is 17.4. The van der Waals surface area contributed by atoms with Gasteiger partial charge in [-0.2, -0.15) is 0 Å². The largest absolute Gasteiger partial charge is 0.455 e. The molecule has 4 aliphatic heterocycles. The molecule has 2 aromatic carbocycles. The van der Waals surface area contributed by atoms with E-state index < -0.39 is 59.6 Å². The SMILES string of the molecule is CC(C)C[C@H](CO)N1C(=O)[C@@H]2[C@H]3C(=O)O[C@H](c4ccccc4)[C@@H](C)N(C)C(=O)CC/C=C\[C@H]3O[C@@]23C=CCN(c2ccc(Cl)cc2)C(=O)[C@@H]13. The van der Waals surface area contributed by atoms with E-state index in [1.54, 1.807) is 65.4 Å². The number of halogens is 1. The van der Waals surface area contributed by atoms with Gasteiger partial charge in [-0.15, -0.1) is 0 Å². The van der Waals surface area contributed by atoms with Crippen molar-refractivity contribution in [3.8, 4) is 0 Å². The van der Waals surface area contributed by atoms with Crippen molar-refractivity contribution in [2.24, 2.45) is 17.8 Å². The molecule has 10 nitrogen and oxygen atoms in total. The minimum atomic E-state index is -1.53. The van der Waals surface area contributed by atoms with Crippen LogP contribution in [0.3, 0.4) is 0 Å². The van der Waals surface area contributed by atoms with E-state index in [0.717, 1.165) is 0 Å². The summed E-state index contributed by atoms with van der Waals surface area (Å²) in [6.07, 6.45) is 6.41. The molecule has 1 N–H and O–H groups in total. The van der Waals surface area contributed by atoms with Gasteiger partial charge >= 0.3 is 5.97 Å². The van der Waals surface area contributed by atoms with Gasteiger partial charge in [-0.3, -0.25) is 19.2 Å². The first-order valence-electron chi connectivity index (χ1n) is 17.0. The third-order valence-corrected chi connectivity index (χ3v) is 10.6. The molecule has 0 bridgehead atoms. The van der Waals surface area contributed by atoms with Gasteiger partial charge in [0.1, 0.15) is 23.7 Å². The predicted octanol–water partition coefficient (Wildman–Crippen LogP) is 4.71. The van der Waals surface area contributed by atoms with Gasteiger partial charge in [-0.1, -0.05) is 80.1 Å². The number of carbonyl (C=O) groups excluding carboxylic acids is 4. The van der Waals surface area contributed by atoms with Crippen molar-refractivity contribution in [3.05, 3.63) is 89.5 Å². The van der Waals surface area contributed by atoms with Gasteiger partial charge in [-0.25, -0.2) is 0 Å². The number of likely N-dealkylation sites (tertiary alicyclic amines) is 1. The fourth-order valence-corrected chi connectivity index (χ4v) is 8.02. The van der Waals surface area contributed by atoms with E-state index in [4.69, 9.17) is 21.1 Å². The normalized spacial score (nSPS) is 31.8. The molecular formula is C38H44ClN3O7. The molecular weight excluding hydrogens is 646 g/mol. The highest BCUT2D eigenvalue weighted by Crippen LogP contribution is 2.54. The molecule has 4 aliphatic rings. The van der Waals surface area contributed by atoms with E-state index >= 15 is 0 Å². The number of benzene rings is 2. The number of rotatable bonds is 6. The fraction of sp³-hybridized carbons (Fsp3) is 0.474. The van der Waals surface area contributed by atoms with Crippen LogP contribution in [0.25, 0.3) is 0 Å². The Morgan fingerprint density at radius 3 is 2.39 bits per heavy atom. The van der Waals surface area contributed by atoms with Crippen molar-refractivity contribution in [2.45, 2.75) is 76.0 Å². The molecule has 3 amide bonds. The summed E-state index contributed by atoms with van der Waals surface area (Å²) < 4.78 is 13.2. The molecule has 2 aromatic rings. The van der Waals surface area contributed by atoms with E-state index in [9.17, 15) is 24.3 Å². The van der Waals surface area contributed by atoms with Crippen LogP contribution in [0, 0.1) is 17.8 Å². The molecule has 0 saturated carbocycles. The van der Waals surface area contributed by atoms with E-state index in [-0.39, 0.29) is 37.3 Å². The number of ether oxygens (including phenoxy) is 2. The number of nitrogens with zero attached hydrogens (tertiary/aromatic N) is 3. The smallest absolute Gasteiger partial charge is 0.313 e. The van der Waals surface area contributed by atoms with Crippen LogP contribution in [0.2, 0.25) is 5.02 Å². The topological polar surface area (TPSA) is 117 Å². The van der Waals surface area contributed by atoms with Gasteiger partial charge in [0.2, 0.25) is 11.8 Å². The summed E-state index contributed by atoms with van der Waals surface area (Å²) >= 11 is 6.17. The van der Waals surface area contributed by atoms with Crippen molar-refractivity contribution in [1.82, 2.24) is 9.80 Å². The molecule has 49 heavy (non-hydrogen) atoms. The number of aliphatic hydroxyl groups is 1. The molecule has 0 aliphatic carbocycles. The number of aliphatic hydroxyl groups excluding tert-OH is 1. The molecule has 1 spiro atoms. The van der Waals surface area contributed by atoms with E-state index in [1.165, 1.54) is 4.90 Å². The fourth-order valence-electron chi connectivity index (χ4n) is 7.89. The van der Waals surface area contributed by atoms with Crippen LogP contribution in [0.5, 0.6) is 0 Å². The number of hydrogen-bond acceptors (Lipinski definition) is 7. The number of esters is 1. The lowest BCUT2D eigenvalue weighted by molar-refractivity contribution is -0.164. The molecule has 8 atom stereocenters. The standard InChI is InChI=1S/C38H44ClN3O7/c1-23(2)21-28(22-43)42-34-36(46)41(27-17-15-26(39)16-18-27)20-10-19-38(34)32(35(42)45)31-29(49-38)13-8-9-14-30(44)40(4)24(3)33(48-37(31)47)25-11-6-5-7-12-25/h5-8,10-13,15-19,23-24,28-29,31-34,43H,9,14,20-22H2,1-4H3/b13-8-/t24-,28-,29-,31+,32+,33+,34-,38+/m1/s1. The lowest BCUT2D eigenvalue weighted by Crippen LogP contribution is -2.58. The van der Waals surface area contributed by atoms with Gasteiger partial charge in [0.05, 0.1) is 30.7 Å². The Morgan fingerprint density at radius 1 is 1.00 bits per heavy atom. The van der Waals surface area contributed by atoms with Crippen LogP contribution in [-0.2, 0) is 28.7 Å². The van der Waals surface area contributed by atoms with E-state index in [1.807, 2.05) is 51.1 Å². The highest BCUT2D eigenvalue weighted by molar-refractivity contribution is 6.30. The van der Waals surface area contributed by atoms with Crippen molar-refractivity contribution >= 4 is 41.0 Å². The Balaban J connectivity index is 1.48. The highest BCUT2D eigenvalue weighted by atomic mass is 35.5. The Hall–Kier alpha value is -3.99. The lowest BCUT2D eigenvalue weighted by Gasteiger charge is -2.39. The van der Waals surface area contributed by atoms with Gasteiger partial charge < -0.3 is 29.3 Å². The molecule has 2 saturated heterocycles. The number of fused-ring (bicyclic) bond motifs is 2. The maximum Gasteiger partial charge on any atom is 0.313 e. The summed E-state index contributed by atoms with van der Waals surface area (Å²) in [5.74, 6) is -3.70. The zero-order chi connectivity index (χ0) is 35.0. The third-order valence-electron chi connectivity index (χ3n) is 10.4. The highest BCUT2D eigenvalue weighted by Gasteiger charge is 2.72. The van der Waals surface area contributed by atoms with Gasteiger partial charge in [0.15, 0.2) is 0 Å². The molecule has 0 aromatic heterocycles. The second-order valence-corrected chi connectivity index (χ2v) is 14.3. The van der Waals surface area contributed by atoms with Crippen molar-refractivity contribution < 1.29 is 33.8 Å². The Morgan fingerprint density at radius 2 is 1.71 bits per heavy atom. The Bertz CT molecular complexity index is 1630. The average molecular weight is 690 g/mol. The molecule has 6 rings (SSSR count). The van der Waals surface area contributed by atoms with Crippen molar-refractivity contribution in [1.29, 1.82) is 0 Å². The molecule has 0 radical (unpaired) electrons. The summed E-state index contributed by atoms with van der Waals surface area (Å²) in [5.41, 5.74) is -0.230. The summed E-state index contributed by atoms with van der Waals surface area (Å²) in [7, 11) is 1.70. The minimum Gasteiger partial charge on any atom is -0.455 e. The van der Waals surface area contributed by atoms with Gasteiger partial charge in [0.25, 0.3) is 5.91 Å². The van der Waals surface area contributed by atoms with Crippen molar-refractivity contribution in [3.63, 3.8) is 0 Å². The number of amides is 3. The molecule has 0 unspecified atom stereocenters. The molecule has 4 heterocycles. The zero-order valence-electron chi connectivity index (χ0n) is 28.3. The monoisotopic (exact) mass is 689 g/mol. The predicted molar refractivity (Wildman–Crippen MR) is 184 cm³/mol. The first-order chi connectivity index (χ1) is 23.5. The van der Waals surface area contributed by atoms with Crippen LogP contribution in [0.1, 0.15) is 51.7 Å². The van der Waals surface area contributed by atoms with E-state index in [0.29, 0.717) is 29.1 Å². The Labute approximate surface area is 292 Å². The molecule has 11 heteroatoms. The number of carbonyl (C=O) groups is 4. The number of cyclic esters (lactones) is 1. The summed E-state index contributed by atoms with van der Waals surface area (Å²) in [6, 6.07) is 13.7. The number of anilines is 1. The van der Waals surface area contributed by atoms with Gasteiger partial charge in [-0.05, 0) is 55.5 Å². The number of allylic oxidation sites excluding steroid dienone is 1. The first kappa shape index (κ1) is 34.9. The second-order valence-electron chi connectivity index (χ2n) is 13.9. The number of likely N-dealkylation sites (N-methyl/N-ethyl adjacent to an activating group) is 1. The third kappa shape index (κ3) is 6.30. The summed E-state index contributed by atoms with van der Waals surface area (Å²) in [5, 5.41) is 11.2. The zero-order valence-corrected chi connectivity index (χ0v) is 29.0. The molecule has 2 fully saturated rings. The van der Waals surface area contributed by atoms with E-state index in [2.05, 4.69) is 0 Å². The van der Waals surface area contributed by atoms with Crippen LogP contribution in [-0.4, -0.2) is 88.6 Å². The lowest BCUT2D eigenvalue weighted by atomic mass is 9.77. The van der Waals surface area contributed by atoms with Crippen LogP contribution < -0.4 is 4.90 Å². The van der Waals surface area contributed by atoms with Gasteiger partial charge in [0, 0.05) is 30.7 Å². The van der Waals surface area contributed by atoms with Crippen LogP contribution >= 0.6 is 11.6 Å². The second kappa shape index (κ2) is 14.1. The van der Waals surface area contributed by atoms with Crippen LogP contribution in [0.15, 0.2) is 78.9 Å². The maximum absolute atomic E-state index is 14.9. The van der Waals surface area contributed by atoms with Crippen molar-refractivity contribution in [2.75, 3.05) is 25.1 Å². The average Bonchev–Trinajstić information content (AvgIpc) is 3.48. The summed E-state index contributed by atoms with van der Waals surface area (Å²) in [4.78, 5) is 62.1. The quantitative estimate of drug-likeness (QED) is 0.345. The maximum atomic E-state index is 14.9. The summed E-state index contributed by atoms with van der Waals surface area (Å²) in [6.45, 7) is 5.64. The minimum absolute atomic E-state index is 0.0975. The Kier molecular flexibility index (Phi) is 10.0. The van der Waals surface area contributed by atoms with Crippen LogP contribution in [0.4, 0.5) is 5.69 Å². The molecule has 260 valence electrons.